The lowest BCUT2D eigenvalue weighted by molar-refractivity contribution is -0.136. The highest BCUT2D eigenvalue weighted by Crippen LogP contribution is 2.34. The van der Waals surface area contributed by atoms with Crippen molar-refractivity contribution >= 4 is 23.3 Å². The van der Waals surface area contributed by atoms with Crippen molar-refractivity contribution in [1.82, 2.24) is 5.32 Å². The lowest BCUT2D eigenvalue weighted by Gasteiger charge is -2.26. The van der Waals surface area contributed by atoms with Gasteiger partial charge in [0.15, 0.2) is 11.6 Å². The second kappa shape index (κ2) is 6.65. The quantitative estimate of drug-likeness (QED) is 0.506. The van der Waals surface area contributed by atoms with E-state index in [1.54, 1.807) is 0 Å². The molecule has 0 saturated heterocycles. The van der Waals surface area contributed by atoms with E-state index in [9.17, 15) is 9.18 Å². The Balaban J connectivity index is 2.42. The molecule has 0 spiro atoms. The minimum Gasteiger partial charge on any atom is -0.492 e. The molecule has 1 aromatic rings. The molecule has 22 heavy (non-hydrogen) atoms. The summed E-state index contributed by atoms with van der Waals surface area (Å²) in [5.41, 5.74) is 0.522. The Morgan fingerprint density at radius 1 is 1.50 bits per heavy atom. The molecule has 0 saturated carbocycles. The zero-order chi connectivity index (χ0) is 16.3. The van der Waals surface area contributed by atoms with Crippen molar-refractivity contribution in [2.45, 2.75) is 12.5 Å². The Morgan fingerprint density at radius 2 is 2.23 bits per heavy atom. The maximum absolute atomic E-state index is 14.5. The molecule has 1 unspecified atom stereocenters. The second-order valence-electron chi connectivity index (χ2n) is 4.53. The van der Waals surface area contributed by atoms with Gasteiger partial charge in [-0.2, -0.15) is 0 Å². The zero-order valence-corrected chi connectivity index (χ0v) is 12.6. The Kier molecular flexibility index (Phi) is 4.87. The van der Waals surface area contributed by atoms with E-state index in [2.05, 4.69) is 15.2 Å². The number of ether oxygens (including phenoxy) is 2. The Morgan fingerprint density at radius 3 is 2.82 bits per heavy atom. The molecule has 0 aliphatic carbocycles. The van der Waals surface area contributed by atoms with Crippen LogP contribution in [-0.4, -0.2) is 31.1 Å². The van der Waals surface area contributed by atoms with Crippen molar-refractivity contribution in [3.05, 3.63) is 40.3 Å². The first-order valence-corrected chi connectivity index (χ1v) is 6.69. The van der Waals surface area contributed by atoms with Crippen LogP contribution in [0.25, 0.3) is 0 Å². The monoisotopic (exact) mass is 328 g/mol. The minimum atomic E-state index is -0.646. The lowest BCUT2D eigenvalue weighted by Crippen LogP contribution is -2.33. The number of rotatable bonds is 3. The number of esters is 1. The molecule has 6 nitrogen and oxygen atoms in total. The first kappa shape index (κ1) is 16.1. The average molecular weight is 329 g/mol. The zero-order valence-electron chi connectivity index (χ0n) is 11.9. The van der Waals surface area contributed by atoms with Gasteiger partial charge >= 0.3 is 5.97 Å². The largest absolute Gasteiger partial charge is 0.492 e. The van der Waals surface area contributed by atoms with Gasteiger partial charge in [0, 0.05) is 12.0 Å². The number of methoxy groups -OCH3 is 2. The van der Waals surface area contributed by atoms with Crippen LogP contribution >= 0.6 is 11.6 Å². The highest BCUT2D eigenvalue weighted by molar-refractivity contribution is 6.32. The third kappa shape index (κ3) is 2.99. The summed E-state index contributed by atoms with van der Waals surface area (Å²) in [7, 11) is 2.53. The van der Waals surface area contributed by atoms with Crippen LogP contribution in [-0.2, 0) is 9.53 Å². The van der Waals surface area contributed by atoms with E-state index in [1.807, 2.05) is 0 Å². The van der Waals surface area contributed by atoms with Crippen molar-refractivity contribution in [3.63, 3.8) is 0 Å². The van der Waals surface area contributed by atoms with E-state index in [0.717, 1.165) is 0 Å². The summed E-state index contributed by atoms with van der Waals surface area (Å²) in [5, 5.41) is 15.0. The van der Waals surface area contributed by atoms with E-state index in [4.69, 9.17) is 21.5 Å². The van der Waals surface area contributed by atoms with Crippen LogP contribution in [0.1, 0.15) is 18.0 Å². The third-order valence-corrected chi connectivity index (χ3v) is 3.54. The third-order valence-electron chi connectivity index (χ3n) is 3.25. The van der Waals surface area contributed by atoms with Gasteiger partial charge in [-0.15, -0.1) is 0 Å². The van der Waals surface area contributed by atoms with Crippen LogP contribution in [0.4, 0.5) is 4.39 Å². The number of hydrogen-bond acceptors (Lipinski definition) is 6. The summed E-state index contributed by atoms with van der Waals surface area (Å²) in [6, 6.07) is 2.34. The molecule has 1 aliphatic rings. The number of halogens is 2. The molecule has 0 bridgehead atoms. The fourth-order valence-electron chi connectivity index (χ4n) is 2.20. The van der Waals surface area contributed by atoms with Crippen molar-refractivity contribution in [1.29, 1.82) is 0 Å². The number of carbonyl (C=O) groups excluding carboxylic acids is 1. The van der Waals surface area contributed by atoms with Gasteiger partial charge in [-0.25, -0.2) is 9.18 Å². The Bertz CT molecular complexity index is 660. The van der Waals surface area contributed by atoms with Crippen LogP contribution in [0.15, 0.2) is 29.1 Å². The normalized spacial score (nSPS) is 19.4. The molecule has 0 fully saturated rings. The highest BCUT2D eigenvalue weighted by Gasteiger charge is 2.28. The molecule has 118 valence electrons. The summed E-state index contributed by atoms with van der Waals surface area (Å²) in [6.45, 7) is 0. The molecule has 0 amide bonds. The first-order chi connectivity index (χ1) is 10.5. The van der Waals surface area contributed by atoms with Crippen LogP contribution in [0.5, 0.6) is 5.75 Å². The predicted molar refractivity (Wildman–Crippen MR) is 77.8 cm³/mol. The van der Waals surface area contributed by atoms with Crippen LogP contribution < -0.4 is 10.1 Å². The van der Waals surface area contributed by atoms with Gasteiger partial charge in [-0.3, -0.25) is 0 Å². The summed E-state index contributed by atoms with van der Waals surface area (Å²) in [6.07, 6.45) is 1.52. The Hall–Kier alpha value is -2.28. The maximum Gasteiger partial charge on any atom is 0.354 e. The van der Waals surface area contributed by atoms with E-state index in [-0.39, 0.29) is 34.2 Å². The minimum absolute atomic E-state index is 0.0693. The molecular weight excluding hydrogens is 315 g/mol. The molecule has 0 radical (unpaired) electrons. The van der Waals surface area contributed by atoms with Crippen molar-refractivity contribution in [2.75, 3.05) is 14.2 Å². The van der Waals surface area contributed by atoms with Crippen LogP contribution in [0, 0.1) is 5.82 Å². The number of hydrogen-bond donors (Lipinski definition) is 2. The van der Waals surface area contributed by atoms with Gasteiger partial charge < -0.3 is 20.0 Å². The summed E-state index contributed by atoms with van der Waals surface area (Å²) in [5.74, 6) is -1.37. The Labute approximate surface area is 131 Å². The molecule has 2 N–H and O–H groups in total. The molecule has 1 heterocycles. The van der Waals surface area contributed by atoms with E-state index < -0.39 is 17.8 Å². The van der Waals surface area contributed by atoms with Gasteiger partial charge in [-0.1, -0.05) is 22.8 Å². The fourth-order valence-corrected chi connectivity index (χ4v) is 2.43. The molecular formula is C14H14ClFN2O4. The van der Waals surface area contributed by atoms with Crippen molar-refractivity contribution < 1.29 is 23.9 Å². The summed E-state index contributed by atoms with van der Waals surface area (Å²) < 4.78 is 24.0. The maximum atomic E-state index is 14.5. The molecule has 2 rings (SSSR count). The van der Waals surface area contributed by atoms with Crippen LogP contribution in [0.2, 0.25) is 5.02 Å². The molecule has 0 aromatic heterocycles. The topological polar surface area (TPSA) is 80.2 Å². The van der Waals surface area contributed by atoms with Gasteiger partial charge in [0.2, 0.25) is 0 Å². The number of nitrogens with zero attached hydrogens (tertiary/aromatic N) is 1. The number of allylic oxidation sites excluding steroid dienone is 1. The summed E-state index contributed by atoms with van der Waals surface area (Å²) in [4.78, 5) is 11.6. The van der Waals surface area contributed by atoms with Gasteiger partial charge in [-0.05, 0) is 12.1 Å². The molecule has 1 atom stereocenters. The van der Waals surface area contributed by atoms with Gasteiger partial charge in [0.1, 0.15) is 5.70 Å². The smallest absolute Gasteiger partial charge is 0.354 e. The van der Waals surface area contributed by atoms with Gasteiger partial charge in [0.05, 0.1) is 31.0 Å². The second-order valence-corrected chi connectivity index (χ2v) is 4.93. The van der Waals surface area contributed by atoms with Gasteiger partial charge in [0.25, 0.3) is 0 Å². The van der Waals surface area contributed by atoms with Crippen LogP contribution in [0.3, 0.4) is 0 Å². The lowest BCUT2D eigenvalue weighted by atomic mass is 9.96. The SMILES string of the molecule is COC(=O)C1=CC(=NO)CC(c2ccc(Cl)c(OC)c2F)N1. The molecule has 8 heteroatoms. The number of nitrogens with one attached hydrogen (secondary N) is 1. The highest BCUT2D eigenvalue weighted by atomic mass is 35.5. The van der Waals surface area contributed by atoms with Crippen molar-refractivity contribution in [3.8, 4) is 5.75 Å². The first-order valence-electron chi connectivity index (χ1n) is 6.31. The number of carbonyl (C=O) groups is 1. The summed E-state index contributed by atoms with van der Waals surface area (Å²) >= 11 is 5.86. The predicted octanol–water partition coefficient (Wildman–Crippen LogP) is 2.41. The van der Waals surface area contributed by atoms with Crippen molar-refractivity contribution in [2.24, 2.45) is 5.16 Å². The number of oxime groups is 1. The standard InChI is InChI=1S/C14H14ClFN2O4/c1-21-13-9(15)4-3-8(12(13)16)10-5-7(18-20)6-11(17-10)14(19)22-2/h3-4,6,10,17,20H,5H2,1-2H3. The molecule has 1 aromatic carbocycles. The molecule has 1 aliphatic heterocycles. The van der Waals surface area contributed by atoms with E-state index in [1.165, 1.54) is 32.4 Å². The average Bonchev–Trinajstić information content (AvgIpc) is 2.54. The number of benzene rings is 1. The van der Waals surface area contributed by atoms with E-state index >= 15 is 0 Å². The van der Waals surface area contributed by atoms with E-state index in [0.29, 0.717) is 0 Å². The fraction of sp³-hybridized carbons (Fsp3) is 0.286.